The maximum absolute atomic E-state index is 12.1. The Morgan fingerprint density at radius 1 is 1.41 bits per heavy atom. The number of nitrogens with zero attached hydrogens (tertiary/aromatic N) is 2. The zero-order valence-electron chi connectivity index (χ0n) is 12.3. The first-order valence-corrected chi connectivity index (χ1v) is 7.92. The van der Waals surface area contributed by atoms with Gasteiger partial charge < -0.3 is 15.2 Å². The van der Waals surface area contributed by atoms with Crippen LogP contribution in [0.2, 0.25) is 0 Å². The van der Waals surface area contributed by atoms with Crippen molar-refractivity contribution < 1.29 is 0 Å². The number of nitrogens with one attached hydrogen (secondary N) is 2. The van der Waals surface area contributed by atoms with Gasteiger partial charge in [-0.2, -0.15) is 0 Å². The Bertz CT molecular complexity index is 765. The minimum atomic E-state index is -0.0756. The summed E-state index contributed by atoms with van der Waals surface area (Å²) in [6.45, 7) is 1.88. The molecular weight excluding hydrogens is 344 g/mol. The lowest BCUT2D eigenvalue weighted by Gasteiger charge is -2.14. The Kier molecular flexibility index (Phi) is 4.40. The molecule has 5 nitrogen and oxygen atoms in total. The van der Waals surface area contributed by atoms with Crippen LogP contribution in [0.15, 0.2) is 45.9 Å². The Labute approximate surface area is 137 Å². The second kappa shape index (κ2) is 6.46. The van der Waals surface area contributed by atoms with E-state index in [0.717, 1.165) is 35.4 Å². The van der Waals surface area contributed by atoms with Crippen molar-refractivity contribution in [1.29, 1.82) is 0 Å². The first-order chi connectivity index (χ1) is 10.6. The van der Waals surface area contributed by atoms with Crippen molar-refractivity contribution in [2.24, 2.45) is 7.05 Å². The molecule has 0 radical (unpaired) electrons. The van der Waals surface area contributed by atoms with E-state index in [2.05, 4.69) is 37.6 Å². The molecule has 3 heterocycles. The predicted octanol–water partition coefficient (Wildman–Crippen LogP) is 2.66. The summed E-state index contributed by atoms with van der Waals surface area (Å²) in [4.78, 5) is 16.6. The normalized spacial score (nSPS) is 14.5. The summed E-state index contributed by atoms with van der Waals surface area (Å²) in [7, 11) is 1.73. The molecule has 22 heavy (non-hydrogen) atoms. The predicted molar refractivity (Wildman–Crippen MR) is 92.4 cm³/mol. The highest BCUT2D eigenvalue weighted by atomic mass is 79.9. The van der Waals surface area contributed by atoms with Crippen molar-refractivity contribution in [3.8, 4) is 0 Å². The molecule has 2 aromatic rings. The van der Waals surface area contributed by atoms with Crippen molar-refractivity contribution in [1.82, 2.24) is 14.9 Å². The lowest BCUT2D eigenvalue weighted by Crippen LogP contribution is -2.20. The number of hydrogen-bond donors (Lipinski definition) is 2. The van der Waals surface area contributed by atoms with Gasteiger partial charge in [-0.1, -0.05) is 6.08 Å². The van der Waals surface area contributed by atoms with Crippen LogP contribution in [0.3, 0.4) is 0 Å². The topological polar surface area (TPSA) is 59.0 Å². The molecule has 1 aliphatic rings. The van der Waals surface area contributed by atoms with Gasteiger partial charge in [-0.05, 0) is 52.7 Å². The SMILES string of the molecule is Cn1cc(Br)cc(Nc2ccc(C3=CCNCC3)nc2)c1=O. The van der Waals surface area contributed by atoms with E-state index < -0.39 is 0 Å². The third-order valence-electron chi connectivity index (χ3n) is 3.59. The Balaban J connectivity index is 1.82. The third-order valence-corrected chi connectivity index (χ3v) is 4.02. The molecule has 0 fully saturated rings. The second-order valence-electron chi connectivity index (χ2n) is 5.23. The van der Waals surface area contributed by atoms with Gasteiger partial charge in [-0.25, -0.2) is 0 Å². The average molecular weight is 361 g/mol. The highest BCUT2D eigenvalue weighted by Gasteiger charge is 2.08. The molecule has 0 aromatic carbocycles. The van der Waals surface area contributed by atoms with Gasteiger partial charge in [0.15, 0.2) is 0 Å². The van der Waals surface area contributed by atoms with Crippen LogP contribution in [-0.4, -0.2) is 22.6 Å². The summed E-state index contributed by atoms with van der Waals surface area (Å²) in [5.74, 6) is 0. The molecular formula is C16H17BrN4O. The van der Waals surface area contributed by atoms with E-state index in [0.29, 0.717) is 5.69 Å². The van der Waals surface area contributed by atoms with Crippen LogP contribution in [0.4, 0.5) is 11.4 Å². The Hall–Kier alpha value is -1.92. The summed E-state index contributed by atoms with van der Waals surface area (Å²) in [5, 5.41) is 6.41. The second-order valence-corrected chi connectivity index (χ2v) is 6.14. The lowest BCUT2D eigenvalue weighted by molar-refractivity contribution is 0.737. The number of aryl methyl sites for hydroxylation is 1. The highest BCUT2D eigenvalue weighted by molar-refractivity contribution is 9.10. The van der Waals surface area contributed by atoms with Gasteiger partial charge in [0.1, 0.15) is 5.69 Å². The van der Waals surface area contributed by atoms with Gasteiger partial charge in [0.05, 0.1) is 17.6 Å². The number of halogens is 1. The van der Waals surface area contributed by atoms with Gasteiger partial charge >= 0.3 is 0 Å². The Morgan fingerprint density at radius 2 is 2.27 bits per heavy atom. The maximum atomic E-state index is 12.1. The zero-order chi connectivity index (χ0) is 15.5. The molecule has 0 bridgehead atoms. The first-order valence-electron chi connectivity index (χ1n) is 7.13. The molecule has 0 amide bonds. The summed E-state index contributed by atoms with van der Waals surface area (Å²) >= 11 is 3.40. The largest absolute Gasteiger partial charge is 0.350 e. The van der Waals surface area contributed by atoms with E-state index >= 15 is 0 Å². The number of rotatable bonds is 3. The van der Waals surface area contributed by atoms with E-state index in [-0.39, 0.29) is 5.56 Å². The van der Waals surface area contributed by atoms with Gasteiger partial charge in [0, 0.05) is 24.3 Å². The van der Waals surface area contributed by atoms with E-state index in [1.807, 2.05) is 12.1 Å². The monoisotopic (exact) mass is 360 g/mol. The summed E-state index contributed by atoms with van der Waals surface area (Å²) in [6, 6.07) is 5.71. The first kappa shape index (κ1) is 15.0. The lowest BCUT2D eigenvalue weighted by atomic mass is 10.1. The summed E-state index contributed by atoms with van der Waals surface area (Å²) < 4.78 is 2.38. The van der Waals surface area contributed by atoms with Crippen molar-refractivity contribution in [3.05, 3.63) is 57.2 Å². The van der Waals surface area contributed by atoms with Crippen LogP contribution in [0, 0.1) is 0 Å². The zero-order valence-corrected chi connectivity index (χ0v) is 13.9. The smallest absolute Gasteiger partial charge is 0.274 e. The summed E-state index contributed by atoms with van der Waals surface area (Å²) in [5.41, 5.74) is 3.51. The van der Waals surface area contributed by atoms with Crippen molar-refractivity contribution in [3.63, 3.8) is 0 Å². The molecule has 1 aliphatic heterocycles. The number of anilines is 2. The van der Waals surface area contributed by atoms with Crippen LogP contribution >= 0.6 is 15.9 Å². The van der Waals surface area contributed by atoms with Crippen LogP contribution < -0.4 is 16.2 Å². The fourth-order valence-electron chi connectivity index (χ4n) is 2.43. The quantitative estimate of drug-likeness (QED) is 0.883. The van der Waals surface area contributed by atoms with Crippen LogP contribution in [0.1, 0.15) is 12.1 Å². The van der Waals surface area contributed by atoms with Crippen LogP contribution in [0.5, 0.6) is 0 Å². The van der Waals surface area contributed by atoms with Gasteiger partial charge in [0.25, 0.3) is 5.56 Å². The van der Waals surface area contributed by atoms with Gasteiger partial charge in [-0.3, -0.25) is 9.78 Å². The van der Waals surface area contributed by atoms with Crippen LogP contribution in [-0.2, 0) is 7.05 Å². The standard InChI is InChI=1S/C16H17BrN4O/c1-21-10-12(17)8-15(16(21)22)20-13-2-3-14(19-9-13)11-4-6-18-7-5-11/h2-4,8-10,18,20H,5-7H2,1H3. The number of pyridine rings is 2. The molecule has 0 saturated heterocycles. The van der Waals surface area contributed by atoms with E-state index in [9.17, 15) is 4.79 Å². The van der Waals surface area contributed by atoms with E-state index in [1.165, 1.54) is 10.1 Å². The molecule has 6 heteroatoms. The molecule has 2 N–H and O–H groups in total. The third kappa shape index (κ3) is 3.28. The maximum Gasteiger partial charge on any atom is 0.274 e. The van der Waals surface area contributed by atoms with Gasteiger partial charge in [0.2, 0.25) is 0 Å². The molecule has 0 unspecified atom stereocenters. The minimum absolute atomic E-state index is 0.0756. The van der Waals surface area contributed by atoms with Crippen molar-refractivity contribution in [2.75, 3.05) is 18.4 Å². The number of hydrogen-bond acceptors (Lipinski definition) is 4. The van der Waals surface area contributed by atoms with Crippen molar-refractivity contribution >= 4 is 32.9 Å². The molecule has 0 saturated carbocycles. The van der Waals surface area contributed by atoms with Gasteiger partial charge in [-0.15, -0.1) is 0 Å². The van der Waals surface area contributed by atoms with E-state index in [4.69, 9.17) is 0 Å². The fraction of sp³-hybridized carbons (Fsp3) is 0.250. The average Bonchev–Trinajstić information content (AvgIpc) is 2.54. The van der Waals surface area contributed by atoms with Crippen molar-refractivity contribution in [2.45, 2.75) is 6.42 Å². The molecule has 0 atom stereocenters. The molecule has 0 aliphatic carbocycles. The molecule has 0 spiro atoms. The molecule has 2 aromatic heterocycles. The fourth-order valence-corrected chi connectivity index (χ4v) is 2.96. The molecule has 114 valence electrons. The van der Waals surface area contributed by atoms with E-state index in [1.54, 1.807) is 25.5 Å². The van der Waals surface area contributed by atoms with Crippen LogP contribution in [0.25, 0.3) is 5.57 Å². The summed E-state index contributed by atoms with van der Waals surface area (Å²) in [6.07, 6.45) is 6.66. The number of aromatic nitrogens is 2. The Morgan fingerprint density at radius 3 is 2.95 bits per heavy atom. The molecule has 3 rings (SSSR count). The minimum Gasteiger partial charge on any atom is -0.350 e. The highest BCUT2D eigenvalue weighted by Crippen LogP contribution is 2.21.